The molecule has 0 aromatic rings. The number of halogens is 1. The van der Waals surface area contributed by atoms with E-state index in [1.807, 2.05) is 0 Å². The first-order chi connectivity index (χ1) is 4.83. The first-order valence-electron chi connectivity index (χ1n) is 3.31. The van der Waals surface area contributed by atoms with Gasteiger partial charge in [-0.1, -0.05) is 6.92 Å². The van der Waals surface area contributed by atoms with E-state index in [2.05, 4.69) is 28.1 Å². The van der Waals surface area contributed by atoms with Gasteiger partial charge >= 0.3 is 0 Å². The average Bonchev–Trinajstić information content (AvgIpc) is 1.87. The molecule has 1 rings (SSSR count). The minimum atomic E-state index is 0.345. The van der Waals surface area contributed by atoms with Crippen LogP contribution in [0.25, 0.3) is 0 Å². The number of hydrogen-bond acceptors (Lipinski definition) is 3. The molecular weight excluding hydrogens is 263 g/mol. The fourth-order valence-electron chi connectivity index (χ4n) is 0.928. The molecule has 0 aliphatic carbocycles. The average molecular weight is 274 g/mol. The lowest BCUT2D eigenvalue weighted by molar-refractivity contribution is -0.130. The van der Waals surface area contributed by atoms with Gasteiger partial charge in [0.1, 0.15) is 0 Å². The summed E-state index contributed by atoms with van der Waals surface area (Å²) in [5, 5.41) is 0. The fraction of sp³-hybridized carbons (Fsp3) is 1.00. The van der Waals surface area contributed by atoms with Crippen LogP contribution in [0.2, 0.25) is 0 Å². The van der Waals surface area contributed by atoms with Crippen LogP contribution in [0, 0.1) is 5.41 Å². The van der Waals surface area contributed by atoms with Crippen molar-refractivity contribution in [3.05, 3.63) is 0 Å². The Balaban J connectivity index is 2.20. The Bertz CT molecular complexity index is 100. The largest absolute Gasteiger partial charge is 0.380 e. The summed E-state index contributed by atoms with van der Waals surface area (Å²) < 4.78 is 10.4. The maximum absolute atomic E-state index is 5.26. The predicted molar refractivity (Wildman–Crippen MR) is 51.1 cm³/mol. The Morgan fingerprint density at radius 3 is 2.70 bits per heavy atom. The second-order valence-electron chi connectivity index (χ2n) is 2.67. The number of rotatable bonds is 4. The van der Waals surface area contributed by atoms with Crippen LogP contribution in [0.15, 0.2) is 0 Å². The Kier molecular flexibility index (Phi) is 3.76. The summed E-state index contributed by atoms with van der Waals surface area (Å²) in [6.45, 7) is 4.77. The van der Waals surface area contributed by atoms with Crippen LogP contribution in [0.4, 0.5) is 0 Å². The highest BCUT2D eigenvalue weighted by atomic mass is 127. The summed E-state index contributed by atoms with van der Waals surface area (Å²) in [5.41, 5.74) is 0.345. The molecule has 1 fully saturated rings. The summed E-state index contributed by atoms with van der Waals surface area (Å²) in [6, 6.07) is 0. The lowest BCUT2D eigenvalue weighted by Crippen LogP contribution is -2.45. The Morgan fingerprint density at radius 1 is 1.70 bits per heavy atom. The fourth-order valence-corrected chi connectivity index (χ4v) is 1.60. The van der Waals surface area contributed by atoms with Gasteiger partial charge in [0.2, 0.25) is 0 Å². The van der Waals surface area contributed by atoms with E-state index < -0.39 is 0 Å². The van der Waals surface area contributed by atoms with Crippen LogP contribution in [-0.2, 0) is 8.92 Å². The summed E-state index contributed by atoms with van der Waals surface area (Å²) >= 11 is 2.14. The van der Waals surface area contributed by atoms with Crippen molar-refractivity contribution in [3.63, 3.8) is 0 Å². The standard InChI is InChI=1S/C6H11IO2S/c1-2-6(3-8-4-6)5-9-10-7/h2-5H2,1H3. The predicted octanol–water partition coefficient (Wildman–Crippen LogP) is 2.43. The Hall–Kier alpha value is 1.00. The molecular formula is C6H11IO2S. The van der Waals surface area contributed by atoms with E-state index in [1.54, 1.807) is 0 Å². The van der Waals surface area contributed by atoms with Crippen molar-refractivity contribution in [1.29, 1.82) is 0 Å². The quantitative estimate of drug-likeness (QED) is 0.579. The van der Waals surface area contributed by atoms with E-state index in [-0.39, 0.29) is 0 Å². The minimum absolute atomic E-state index is 0.345. The molecule has 1 aliphatic heterocycles. The molecule has 0 radical (unpaired) electrons. The van der Waals surface area contributed by atoms with Gasteiger partial charge in [-0.25, -0.2) is 0 Å². The maximum atomic E-state index is 5.26. The van der Waals surface area contributed by atoms with E-state index in [0.29, 0.717) is 5.41 Å². The Labute approximate surface area is 77.8 Å². The van der Waals surface area contributed by atoms with Crippen LogP contribution < -0.4 is 0 Å². The van der Waals surface area contributed by atoms with Gasteiger partial charge in [-0.3, -0.25) is 0 Å². The van der Waals surface area contributed by atoms with Gasteiger partial charge in [0, 0.05) is 26.6 Å². The molecule has 0 bridgehead atoms. The normalized spacial score (nSPS) is 22.2. The third-order valence-electron chi connectivity index (χ3n) is 1.98. The zero-order valence-corrected chi connectivity index (χ0v) is 8.91. The van der Waals surface area contributed by atoms with E-state index in [4.69, 9.17) is 8.92 Å². The van der Waals surface area contributed by atoms with Gasteiger partial charge in [0.05, 0.1) is 29.0 Å². The van der Waals surface area contributed by atoms with Crippen LogP contribution in [-0.4, -0.2) is 19.8 Å². The lowest BCUT2D eigenvalue weighted by Gasteiger charge is -2.39. The molecule has 0 unspecified atom stereocenters. The highest BCUT2D eigenvalue weighted by Crippen LogP contribution is 2.33. The van der Waals surface area contributed by atoms with Crippen LogP contribution in [0.3, 0.4) is 0 Å². The second kappa shape index (κ2) is 4.13. The van der Waals surface area contributed by atoms with Crippen molar-refractivity contribution in [2.24, 2.45) is 5.41 Å². The van der Waals surface area contributed by atoms with Crippen molar-refractivity contribution in [2.75, 3.05) is 19.8 Å². The molecule has 1 aliphatic rings. The summed E-state index contributed by atoms with van der Waals surface area (Å²) in [5.74, 6) is 0. The zero-order valence-electron chi connectivity index (χ0n) is 5.93. The first-order valence-corrected chi connectivity index (χ1v) is 6.59. The van der Waals surface area contributed by atoms with Crippen molar-refractivity contribution < 1.29 is 8.92 Å². The van der Waals surface area contributed by atoms with Crippen LogP contribution in [0.5, 0.6) is 0 Å². The molecule has 60 valence electrons. The second-order valence-corrected chi connectivity index (χ2v) is 4.11. The molecule has 0 atom stereocenters. The van der Waals surface area contributed by atoms with Crippen LogP contribution in [0.1, 0.15) is 13.3 Å². The summed E-state index contributed by atoms with van der Waals surface area (Å²) in [4.78, 5) is 0. The minimum Gasteiger partial charge on any atom is -0.380 e. The first kappa shape index (κ1) is 9.09. The lowest BCUT2D eigenvalue weighted by atomic mass is 9.84. The number of hydrogen-bond donors (Lipinski definition) is 0. The van der Waals surface area contributed by atoms with Gasteiger partial charge in [0.25, 0.3) is 0 Å². The van der Waals surface area contributed by atoms with E-state index in [0.717, 1.165) is 26.2 Å². The molecule has 0 saturated carbocycles. The van der Waals surface area contributed by atoms with E-state index in [9.17, 15) is 0 Å². The monoisotopic (exact) mass is 274 g/mol. The summed E-state index contributed by atoms with van der Waals surface area (Å²) in [7, 11) is 1.41. The van der Waals surface area contributed by atoms with Gasteiger partial charge in [-0.2, -0.15) is 0 Å². The van der Waals surface area contributed by atoms with Crippen molar-refractivity contribution in [2.45, 2.75) is 13.3 Å². The van der Waals surface area contributed by atoms with Gasteiger partial charge < -0.3 is 8.92 Å². The molecule has 0 aromatic heterocycles. The molecule has 0 spiro atoms. The molecule has 10 heavy (non-hydrogen) atoms. The third-order valence-corrected chi connectivity index (χ3v) is 2.95. The zero-order chi connectivity index (χ0) is 7.45. The molecule has 2 nitrogen and oxygen atoms in total. The molecule has 1 heterocycles. The molecule has 0 N–H and O–H groups in total. The topological polar surface area (TPSA) is 18.5 Å². The van der Waals surface area contributed by atoms with E-state index in [1.165, 1.54) is 9.21 Å². The SMILES string of the molecule is CCC1(COSI)COC1. The number of ether oxygens (including phenoxy) is 1. The molecule has 0 amide bonds. The van der Waals surface area contributed by atoms with Crippen molar-refractivity contribution in [1.82, 2.24) is 0 Å². The Morgan fingerprint density at radius 2 is 2.40 bits per heavy atom. The molecule has 0 aromatic carbocycles. The smallest absolute Gasteiger partial charge is 0.0723 e. The maximum Gasteiger partial charge on any atom is 0.0723 e. The van der Waals surface area contributed by atoms with Crippen LogP contribution >= 0.6 is 30.4 Å². The molecule has 1 saturated heterocycles. The highest BCUT2D eigenvalue weighted by molar-refractivity contribution is 14.2. The van der Waals surface area contributed by atoms with Crippen molar-refractivity contribution in [3.8, 4) is 0 Å². The van der Waals surface area contributed by atoms with Gasteiger partial charge in [0.15, 0.2) is 0 Å². The van der Waals surface area contributed by atoms with Gasteiger partial charge in [-0.05, 0) is 6.42 Å². The highest BCUT2D eigenvalue weighted by Gasteiger charge is 2.37. The molecule has 4 heteroatoms. The van der Waals surface area contributed by atoms with Crippen molar-refractivity contribution >= 4 is 30.4 Å². The summed E-state index contributed by atoms with van der Waals surface area (Å²) in [6.07, 6.45) is 1.16. The van der Waals surface area contributed by atoms with E-state index >= 15 is 0 Å². The third kappa shape index (κ3) is 1.99. The van der Waals surface area contributed by atoms with Gasteiger partial charge in [-0.15, -0.1) is 0 Å².